The fourth-order valence-corrected chi connectivity index (χ4v) is 4.44. The van der Waals surface area contributed by atoms with Crippen LogP contribution in [0.3, 0.4) is 0 Å². The molecule has 0 aliphatic carbocycles. The molecule has 0 fully saturated rings. The van der Waals surface area contributed by atoms with E-state index in [1.165, 1.54) is 31.2 Å². The van der Waals surface area contributed by atoms with Crippen molar-refractivity contribution in [2.75, 3.05) is 18.9 Å². The minimum Gasteiger partial charge on any atom is -0.497 e. The predicted molar refractivity (Wildman–Crippen MR) is 121 cm³/mol. The van der Waals surface area contributed by atoms with E-state index in [2.05, 4.69) is 24.9 Å². The molecule has 32 heavy (non-hydrogen) atoms. The first-order chi connectivity index (χ1) is 15.2. The summed E-state index contributed by atoms with van der Waals surface area (Å²) in [6.07, 6.45) is 2.84. The van der Waals surface area contributed by atoms with Gasteiger partial charge in [0.15, 0.2) is 5.82 Å². The molecule has 0 spiro atoms. The quantitative estimate of drug-likeness (QED) is 0.473. The van der Waals surface area contributed by atoms with E-state index in [-0.39, 0.29) is 12.6 Å². The highest BCUT2D eigenvalue weighted by molar-refractivity contribution is 7.93. The number of methoxy groups -OCH3 is 2. The lowest BCUT2D eigenvalue weighted by molar-refractivity contribution is 0.176. The third kappa shape index (κ3) is 5.12. The van der Waals surface area contributed by atoms with Crippen LogP contribution in [0, 0.1) is 0 Å². The maximum atomic E-state index is 13.2. The second-order valence-corrected chi connectivity index (χ2v) is 9.81. The molecule has 0 amide bonds. The molecule has 10 nitrogen and oxygen atoms in total. The summed E-state index contributed by atoms with van der Waals surface area (Å²) < 4.78 is 40.8. The molecule has 0 unspecified atom stereocenters. The Balaban J connectivity index is 1.98. The highest BCUT2D eigenvalue weighted by Gasteiger charge is 2.31. The molecule has 0 aliphatic rings. The lowest BCUT2D eigenvalue weighted by atomic mass is 10.1. The number of hydrogen-bond donors (Lipinski definition) is 1. The molecule has 2 aromatic heterocycles. The summed E-state index contributed by atoms with van der Waals surface area (Å²) in [7, 11) is -0.926. The van der Waals surface area contributed by atoms with Crippen molar-refractivity contribution >= 4 is 39.2 Å². The van der Waals surface area contributed by atoms with Crippen LogP contribution in [-0.4, -0.2) is 52.6 Å². The second kappa shape index (κ2) is 9.99. The molecule has 3 rings (SSSR count). The van der Waals surface area contributed by atoms with Crippen LogP contribution in [0.4, 0.5) is 5.95 Å². The van der Waals surface area contributed by atoms with Gasteiger partial charge in [0.05, 0.1) is 28.1 Å². The summed E-state index contributed by atoms with van der Waals surface area (Å²) in [5.74, 6) is 0.659. The maximum absolute atomic E-state index is 13.2. The molecular formula is C19H22Cl2N6O4S. The van der Waals surface area contributed by atoms with Gasteiger partial charge in [-0.2, -0.15) is 0 Å². The van der Waals surface area contributed by atoms with Crippen LogP contribution in [0.25, 0.3) is 5.69 Å². The highest BCUT2D eigenvalue weighted by Crippen LogP contribution is 2.30. The van der Waals surface area contributed by atoms with Gasteiger partial charge in [-0.05, 0) is 19.1 Å². The van der Waals surface area contributed by atoms with Crippen molar-refractivity contribution in [3.8, 4) is 11.4 Å². The SMILES string of the molecule is COCc1nnc(NS(=O)(=O)[C@@H](C)[C@H](C)c2ncc(Cl)cn2)n1-c1cc(OC)ccc1Cl. The van der Waals surface area contributed by atoms with Crippen LogP contribution in [0.5, 0.6) is 5.75 Å². The number of halogens is 2. The van der Waals surface area contributed by atoms with Gasteiger partial charge in [-0.25, -0.2) is 18.4 Å². The van der Waals surface area contributed by atoms with Crippen LogP contribution in [0.1, 0.15) is 31.4 Å². The number of ether oxygens (including phenoxy) is 2. The normalized spacial score (nSPS) is 13.6. The van der Waals surface area contributed by atoms with Crippen molar-refractivity contribution in [1.82, 2.24) is 24.7 Å². The Morgan fingerprint density at radius 1 is 1.12 bits per heavy atom. The molecule has 2 atom stereocenters. The van der Waals surface area contributed by atoms with E-state index in [0.717, 1.165) is 0 Å². The van der Waals surface area contributed by atoms with Gasteiger partial charge in [-0.1, -0.05) is 30.1 Å². The van der Waals surface area contributed by atoms with Crippen molar-refractivity contribution < 1.29 is 17.9 Å². The van der Waals surface area contributed by atoms with Crippen molar-refractivity contribution in [2.24, 2.45) is 0 Å². The van der Waals surface area contributed by atoms with Crippen LogP contribution in [-0.2, 0) is 21.4 Å². The Kier molecular flexibility index (Phi) is 7.55. The Morgan fingerprint density at radius 3 is 2.44 bits per heavy atom. The first-order valence-corrected chi connectivity index (χ1v) is 11.7. The molecule has 0 bridgehead atoms. The molecule has 1 aromatic carbocycles. The number of hydrogen-bond acceptors (Lipinski definition) is 8. The van der Waals surface area contributed by atoms with Crippen LogP contribution in [0.2, 0.25) is 10.0 Å². The van der Waals surface area contributed by atoms with Gasteiger partial charge in [-0.15, -0.1) is 10.2 Å². The molecule has 3 aromatic rings. The van der Waals surface area contributed by atoms with Crippen LogP contribution < -0.4 is 9.46 Å². The van der Waals surface area contributed by atoms with E-state index in [1.54, 1.807) is 32.0 Å². The molecule has 172 valence electrons. The number of aromatic nitrogens is 5. The smallest absolute Gasteiger partial charge is 0.243 e. The topological polar surface area (TPSA) is 121 Å². The van der Waals surface area contributed by atoms with E-state index in [1.807, 2.05) is 0 Å². The average molecular weight is 501 g/mol. The number of nitrogens with one attached hydrogen (secondary N) is 1. The van der Waals surface area contributed by atoms with Crippen molar-refractivity contribution in [2.45, 2.75) is 31.6 Å². The molecule has 13 heteroatoms. The van der Waals surface area contributed by atoms with Crippen LogP contribution in [0.15, 0.2) is 30.6 Å². The van der Waals surface area contributed by atoms with Gasteiger partial charge in [0, 0.05) is 31.5 Å². The predicted octanol–water partition coefficient (Wildman–Crippen LogP) is 3.45. The third-order valence-electron chi connectivity index (χ3n) is 4.87. The fourth-order valence-electron chi connectivity index (χ4n) is 2.91. The summed E-state index contributed by atoms with van der Waals surface area (Å²) in [5.41, 5.74) is 0.433. The number of benzene rings is 1. The maximum Gasteiger partial charge on any atom is 0.243 e. The Hall–Kier alpha value is -2.47. The summed E-state index contributed by atoms with van der Waals surface area (Å²) in [6.45, 7) is 3.35. The lowest BCUT2D eigenvalue weighted by Gasteiger charge is -2.20. The fraction of sp³-hybridized carbons (Fsp3) is 0.368. The Labute approximate surface area is 196 Å². The second-order valence-electron chi connectivity index (χ2n) is 6.93. The molecule has 0 radical (unpaired) electrons. The lowest BCUT2D eigenvalue weighted by Crippen LogP contribution is -2.31. The summed E-state index contributed by atoms with van der Waals surface area (Å²) in [4.78, 5) is 8.26. The van der Waals surface area contributed by atoms with Gasteiger partial charge in [-0.3, -0.25) is 9.29 Å². The molecule has 0 saturated carbocycles. The van der Waals surface area contributed by atoms with Gasteiger partial charge >= 0.3 is 0 Å². The van der Waals surface area contributed by atoms with E-state index < -0.39 is 21.2 Å². The minimum absolute atomic E-state index is 0.0386. The largest absolute Gasteiger partial charge is 0.497 e. The zero-order valence-electron chi connectivity index (χ0n) is 17.8. The van der Waals surface area contributed by atoms with Crippen molar-refractivity contribution in [1.29, 1.82) is 0 Å². The summed E-state index contributed by atoms with van der Waals surface area (Å²) in [6, 6.07) is 4.97. The highest BCUT2D eigenvalue weighted by atomic mass is 35.5. The molecule has 2 heterocycles. The van der Waals surface area contributed by atoms with E-state index in [0.29, 0.717) is 33.1 Å². The van der Waals surface area contributed by atoms with E-state index in [9.17, 15) is 8.42 Å². The standard InChI is InChI=1S/C19H22Cl2N6O4S/c1-11(18-22-8-13(20)9-23-18)12(2)32(28,29)26-19-25-24-17(10-30-3)27(19)16-7-14(31-4)5-6-15(16)21/h5-9,11-12H,10H2,1-4H3,(H,25,26)/t11-,12-/m0/s1. The van der Waals surface area contributed by atoms with E-state index in [4.69, 9.17) is 32.7 Å². The Morgan fingerprint density at radius 2 is 1.81 bits per heavy atom. The first-order valence-electron chi connectivity index (χ1n) is 9.44. The molecule has 1 N–H and O–H groups in total. The van der Waals surface area contributed by atoms with Crippen LogP contribution >= 0.6 is 23.2 Å². The van der Waals surface area contributed by atoms with Crippen molar-refractivity contribution in [3.05, 3.63) is 52.3 Å². The number of anilines is 1. The average Bonchev–Trinajstić information content (AvgIpc) is 3.15. The zero-order chi connectivity index (χ0) is 23.5. The Bertz CT molecular complexity index is 1190. The van der Waals surface area contributed by atoms with Gasteiger partial charge in [0.25, 0.3) is 0 Å². The zero-order valence-corrected chi connectivity index (χ0v) is 20.1. The monoisotopic (exact) mass is 500 g/mol. The summed E-state index contributed by atoms with van der Waals surface area (Å²) in [5, 5.41) is 7.88. The van der Waals surface area contributed by atoms with Gasteiger partial charge < -0.3 is 9.47 Å². The third-order valence-corrected chi connectivity index (χ3v) is 7.24. The number of sulfonamides is 1. The van der Waals surface area contributed by atoms with Gasteiger partial charge in [0.2, 0.25) is 16.0 Å². The molecule has 0 saturated heterocycles. The first kappa shape index (κ1) is 24.2. The number of nitrogens with zero attached hydrogens (tertiary/aromatic N) is 5. The van der Waals surface area contributed by atoms with Crippen molar-refractivity contribution in [3.63, 3.8) is 0 Å². The number of rotatable bonds is 9. The summed E-state index contributed by atoms with van der Waals surface area (Å²) >= 11 is 12.2. The van der Waals surface area contributed by atoms with E-state index >= 15 is 0 Å². The minimum atomic E-state index is -3.93. The molecule has 0 aliphatic heterocycles. The van der Waals surface area contributed by atoms with Gasteiger partial charge in [0.1, 0.15) is 18.2 Å². The molecular weight excluding hydrogens is 479 g/mol.